The molecule has 112 valence electrons. The van der Waals surface area contributed by atoms with Gasteiger partial charge in [0.25, 0.3) is 0 Å². The van der Waals surface area contributed by atoms with Gasteiger partial charge in [0.05, 0.1) is 13.0 Å². The van der Waals surface area contributed by atoms with Gasteiger partial charge in [-0.2, -0.15) is 0 Å². The predicted octanol–water partition coefficient (Wildman–Crippen LogP) is 3.60. The van der Waals surface area contributed by atoms with Gasteiger partial charge in [-0.05, 0) is 36.0 Å². The van der Waals surface area contributed by atoms with Crippen molar-refractivity contribution < 1.29 is 9.53 Å². The van der Waals surface area contributed by atoms with Crippen LogP contribution in [0.4, 0.5) is 0 Å². The van der Waals surface area contributed by atoms with Crippen LogP contribution in [0.15, 0.2) is 24.3 Å². The van der Waals surface area contributed by atoms with E-state index in [4.69, 9.17) is 4.74 Å². The zero-order valence-electron chi connectivity index (χ0n) is 13.3. The molecule has 0 aliphatic rings. The number of benzene rings is 1. The molecular weight excluding hydrogens is 250 g/mol. The Morgan fingerprint density at radius 3 is 2.20 bits per heavy atom. The molecule has 0 fully saturated rings. The van der Waals surface area contributed by atoms with Crippen LogP contribution in [0.3, 0.4) is 0 Å². The van der Waals surface area contributed by atoms with Crippen LogP contribution in [0, 0.1) is 11.8 Å². The average Bonchev–Trinajstić information content (AvgIpc) is 2.39. The van der Waals surface area contributed by atoms with E-state index in [9.17, 15) is 4.79 Å². The second-order valence-corrected chi connectivity index (χ2v) is 5.97. The third-order valence-electron chi connectivity index (χ3n) is 3.44. The molecule has 1 aromatic carbocycles. The van der Waals surface area contributed by atoms with Crippen LogP contribution in [-0.4, -0.2) is 19.6 Å². The van der Waals surface area contributed by atoms with E-state index in [0.717, 1.165) is 24.3 Å². The molecule has 1 atom stereocenters. The van der Waals surface area contributed by atoms with Gasteiger partial charge >= 0.3 is 0 Å². The Morgan fingerprint density at radius 1 is 1.15 bits per heavy atom. The van der Waals surface area contributed by atoms with Crippen LogP contribution >= 0.6 is 0 Å². The summed E-state index contributed by atoms with van der Waals surface area (Å²) in [6.45, 7) is 9.23. The van der Waals surface area contributed by atoms with E-state index in [0.29, 0.717) is 5.92 Å². The first-order valence-electron chi connectivity index (χ1n) is 7.37. The maximum atomic E-state index is 12.4. The van der Waals surface area contributed by atoms with Crippen molar-refractivity contribution >= 4 is 5.91 Å². The van der Waals surface area contributed by atoms with E-state index >= 15 is 0 Å². The minimum Gasteiger partial charge on any atom is -0.497 e. The number of amides is 1. The fourth-order valence-corrected chi connectivity index (χ4v) is 2.24. The van der Waals surface area contributed by atoms with E-state index in [2.05, 4.69) is 33.0 Å². The lowest BCUT2D eigenvalue weighted by Gasteiger charge is -2.21. The third-order valence-corrected chi connectivity index (χ3v) is 3.44. The zero-order chi connectivity index (χ0) is 15.1. The molecule has 1 aromatic rings. The molecule has 0 aliphatic heterocycles. The first-order chi connectivity index (χ1) is 9.45. The Labute approximate surface area is 122 Å². The van der Waals surface area contributed by atoms with Gasteiger partial charge < -0.3 is 10.1 Å². The number of hydrogen-bond donors (Lipinski definition) is 1. The summed E-state index contributed by atoms with van der Waals surface area (Å²) in [4.78, 5) is 12.4. The molecule has 1 rings (SSSR count). The number of rotatable bonds is 7. The Balaban J connectivity index is 2.74. The van der Waals surface area contributed by atoms with Crippen LogP contribution in [-0.2, 0) is 4.79 Å². The molecule has 0 saturated heterocycles. The number of ether oxygens (including phenoxy) is 1. The van der Waals surface area contributed by atoms with Gasteiger partial charge in [0.2, 0.25) is 5.91 Å². The standard InChI is InChI=1S/C17H27NO2/c1-12(2)10-11-18-17(19)16(13(3)4)14-6-8-15(20-5)9-7-14/h6-9,12-13,16H,10-11H2,1-5H3,(H,18,19). The molecule has 1 amide bonds. The summed E-state index contributed by atoms with van der Waals surface area (Å²) in [5.74, 6) is 1.70. The fourth-order valence-electron chi connectivity index (χ4n) is 2.24. The van der Waals surface area contributed by atoms with E-state index in [1.165, 1.54) is 0 Å². The van der Waals surface area contributed by atoms with Crippen molar-refractivity contribution in [2.24, 2.45) is 11.8 Å². The second kappa shape index (κ2) is 7.93. The van der Waals surface area contributed by atoms with Crippen molar-refractivity contribution in [3.8, 4) is 5.75 Å². The van der Waals surface area contributed by atoms with Crippen molar-refractivity contribution in [1.82, 2.24) is 5.32 Å². The highest BCUT2D eigenvalue weighted by molar-refractivity contribution is 5.83. The van der Waals surface area contributed by atoms with Crippen LogP contribution in [0.2, 0.25) is 0 Å². The molecule has 0 spiro atoms. The molecule has 0 radical (unpaired) electrons. The number of nitrogens with one attached hydrogen (secondary N) is 1. The zero-order valence-corrected chi connectivity index (χ0v) is 13.3. The van der Waals surface area contributed by atoms with Gasteiger partial charge in [0.15, 0.2) is 0 Å². The van der Waals surface area contributed by atoms with Crippen molar-refractivity contribution in [3.05, 3.63) is 29.8 Å². The first-order valence-corrected chi connectivity index (χ1v) is 7.37. The number of hydrogen-bond acceptors (Lipinski definition) is 2. The van der Waals surface area contributed by atoms with E-state index in [1.54, 1.807) is 7.11 Å². The van der Waals surface area contributed by atoms with Gasteiger partial charge in [0, 0.05) is 6.54 Å². The maximum Gasteiger partial charge on any atom is 0.227 e. The smallest absolute Gasteiger partial charge is 0.227 e. The minimum atomic E-state index is -0.104. The van der Waals surface area contributed by atoms with Crippen molar-refractivity contribution in [1.29, 1.82) is 0 Å². The topological polar surface area (TPSA) is 38.3 Å². The molecule has 1 N–H and O–H groups in total. The second-order valence-electron chi connectivity index (χ2n) is 5.97. The van der Waals surface area contributed by atoms with E-state index < -0.39 is 0 Å². The molecule has 3 nitrogen and oxygen atoms in total. The fraction of sp³-hybridized carbons (Fsp3) is 0.588. The van der Waals surface area contributed by atoms with Crippen molar-refractivity contribution in [2.75, 3.05) is 13.7 Å². The molecule has 0 aliphatic carbocycles. The summed E-state index contributed by atoms with van der Waals surface area (Å²) in [5.41, 5.74) is 1.04. The molecule has 0 saturated carbocycles. The average molecular weight is 277 g/mol. The third kappa shape index (κ3) is 4.87. The molecule has 1 unspecified atom stereocenters. The number of carbonyl (C=O) groups is 1. The molecule has 0 heterocycles. The van der Waals surface area contributed by atoms with Crippen LogP contribution in [0.25, 0.3) is 0 Å². The normalized spacial score (nSPS) is 12.6. The van der Waals surface area contributed by atoms with Crippen LogP contribution < -0.4 is 10.1 Å². The Morgan fingerprint density at radius 2 is 1.75 bits per heavy atom. The summed E-state index contributed by atoms with van der Waals surface area (Å²) in [6.07, 6.45) is 1.01. The summed E-state index contributed by atoms with van der Waals surface area (Å²) in [5, 5.41) is 3.05. The van der Waals surface area contributed by atoms with Gasteiger partial charge in [-0.3, -0.25) is 4.79 Å². The molecule has 20 heavy (non-hydrogen) atoms. The van der Waals surface area contributed by atoms with Crippen LogP contribution in [0.1, 0.15) is 45.6 Å². The molecule has 0 bridgehead atoms. The van der Waals surface area contributed by atoms with Gasteiger partial charge in [-0.25, -0.2) is 0 Å². The van der Waals surface area contributed by atoms with E-state index in [-0.39, 0.29) is 17.7 Å². The number of methoxy groups -OCH3 is 1. The summed E-state index contributed by atoms with van der Waals surface area (Å²) in [7, 11) is 1.65. The first kappa shape index (κ1) is 16.5. The monoisotopic (exact) mass is 277 g/mol. The lowest BCUT2D eigenvalue weighted by molar-refractivity contribution is -0.123. The number of carbonyl (C=O) groups excluding carboxylic acids is 1. The Kier molecular flexibility index (Phi) is 6.56. The summed E-state index contributed by atoms with van der Waals surface area (Å²) in [6, 6.07) is 7.77. The maximum absolute atomic E-state index is 12.4. The molecule has 0 aromatic heterocycles. The predicted molar refractivity (Wildman–Crippen MR) is 83.0 cm³/mol. The van der Waals surface area contributed by atoms with Crippen LogP contribution in [0.5, 0.6) is 5.75 Å². The Bertz CT molecular complexity index is 410. The molecule has 3 heteroatoms. The lowest BCUT2D eigenvalue weighted by atomic mass is 9.87. The highest BCUT2D eigenvalue weighted by Gasteiger charge is 2.23. The summed E-state index contributed by atoms with van der Waals surface area (Å²) >= 11 is 0. The van der Waals surface area contributed by atoms with Crippen molar-refractivity contribution in [2.45, 2.75) is 40.0 Å². The molecular formula is C17H27NO2. The quantitative estimate of drug-likeness (QED) is 0.827. The van der Waals surface area contributed by atoms with Gasteiger partial charge in [-0.1, -0.05) is 39.8 Å². The van der Waals surface area contributed by atoms with Crippen molar-refractivity contribution in [3.63, 3.8) is 0 Å². The highest BCUT2D eigenvalue weighted by atomic mass is 16.5. The Hall–Kier alpha value is -1.51. The highest BCUT2D eigenvalue weighted by Crippen LogP contribution is 2.26. The lowest BCUT2D eigenvalue weighted by Crippen LogP contribution is -2.33. The van der Waals surface area contributed by atoms with Gasteiger partial charge in [-0.15, -0.1) is 0 Å². The minimum absolute atomic E-state index is 0.104. The summed E-state index contributed by atoms with van der Waals surface area (Å²) < 4.78 is 5.16. The van der Waals surface area contributed by atoms with Gasteiger partial charge in [0.1, 0.15) is 5.75 Å². The SMILES string of the molecule is COc1ccc(C(C(=O)NCCC(C)C)C(C)C)cc1. The van der Waals surface area contributed by atoms with E-state index in [1.807, 2.05) is 24.3 Å². The largest absolute Gasteiger partial charge is 0.497 e.